The highest BCUT2D eigenvalue weighted by atomic mass is 16.5. The second kappa shape index (κ2) is 15.0. The van der Waals surface area contributed by atoms with Crippen molar-refractivity contribution in [3.05, 3.63) is 64.7 Å². The lowest BCUT2D eigenvalue weighted by Gasteiger charge is -2.33. The Kier molecular flexibility index (Phi) is 11.5. The van der Waals surface area contributed by atoms with E-state index in [2.05, 4.69) is 51.1 Å². The van der Waals surface area contributed by atoms with Gasteiger partial charge in [-0.05, 0) is 110 Å². The second-order valence-corrected chi connectivity index (χ2v) is 13.1. The average Bonchev–Trinajstić information content (AvgIpc) is 3.26. The standard InChI is InChI=1S/C36H50O6/c1-5-6-7-10-29(42-36(40)24(4)26-14-12-25(13-15-26)18-23(2)3)16-17-30-31-19-27-9-8-11-34(41-22-35(38)39)32(27)20-28(31)21-33(30)37/h8-9,11-15,23-24,28-31,33,37H,5-7,10,16-22H2,1-4H3,(H,38,39)/t24?,28-,29-,30+,31-,33+/m0/s1. The normalized spacial score (nSPS) is 22.7. The van der Waals surface area contributed by atoms with Gasteiger partial charge in [0.1, 0.15) is 11.9 Å². The van der Waals surface area contributed by atoms with Crippen molar-refractivity contribution in [3.63, 3.8) is 0 Å². The minimum absolute atomic E-state index is 0.148. The molecule has 2 aliphatic carbocycles. The molecule has 0 bridgehead atoms. The summed E-state index contributed by atoms with van der Waals surface area (Å²) < 4.78 is 11.8. The number of unbranched alkanes of at least 4 members (excludes halogenated alkanes) is 2. The molecule has 6 heteroatoms. The van der Waals surface area contributed by atoms with Crippen molar-refractivity contribution >= 4 is 11.9 Å². The molecule has 1 unspecified atom stereocenters. The zero-order chi connectivity index (χ0) is 30.2. The number of carboxylic acid groups (broad SMARTS) is 1. The van der Waals surface area contributed by atoms with Crippen LogP contribution in [0.5, 0.6) is 5.75 Å². The maximum Gasteiger partial charge on any atom is 0.341 e. The molecular formula is C36H50O6. The van der Waals surface area contributed by atoms with Gasteiger partial charge < -0.3 is 19.7 Å². The molecule has 2 aromatic carbocycles. The molecule has 2 aliphatic rings. The Bertz CT molecular complexity index is 1170. The van der Waals surface area contributed by atoms with E-state index in [0.29, 0.717) is 23.5 Å². The quantitative estimate of drug-likeness (QED) is 0.172. The highest BCUT2D eigenvalue weighted by molar-refractivity contribution is 5.77. The zero-order valence-electron chi connectivity index (χ0n) is 25.9. The fraction of sp³-hybridized carbons (Fsp3) is 0.611. The predicted molar refractivity (Wildman–Crippen MR) is 165 cm³/mol. The zero-order valence-corrected chi connectivity index (χ0v) is 25.9. The lowest BCUT2D eigenvalue weighted by molar-refractivity contribution is -0.151. The van der Waals surface area contributed by atoms with Gasteiger partial charge in [-0.25, -0.2) is 4.79 Å². The van der Waals surface area contributed by atoms with Crippen LogP contribution in [0.25, 0.3) is 0 Å². The van der Waals surface area contributed by atoms with E-state index < -0.39 is 5.97 Å². The van der Waals surface area contributed by atoms with Crippen LogP contribution in [0.3, 0.4) is 0 Å². The van der Waals surface area contributed by atoms with Gasteiger partial charge >= 0.3 is 11.9 Å². The summed E-state index contributed by atoms with van der Waals surface area (Å²) in [6, 6.07) is 14.2. The third-order valence-corrected chi connectivity index (χ3v) is 9.41. The predicted octanol–water partition coefficient (Wildman–Crippen LogP) is 7.14. The van der Waals surface area contributed by atoms with Crippen molar-refractivity contribution in [3.8, 4) is 5.75 Å². The molecule has 1 fully saturated rings. The molecule has 2 aromatic rings. The third kappa shape index (κ3) is 8.37. The maximum absolute atomic E-state index is 13.3. The molecule has 6 nitrogen and oxygen atoms in total. The monoisotopic (exact) mass is 578 g/mol. The fourth-order valence-electron chi connectivity index (χ4n) is 7.16. The highest BCUT2D eigenvalue weighted by Gasteiger charge is 2.45. The summed E-state index contributed by atoms with van der Waals surface area (Å²) in [5, 5.41) is 20.2. The Morgan fingerprint density at radius 1 is 1.00 bits per heavy atom. The van der Waals surface area contributed by atoms with E-state index in [1.807, 2.05) is 19.1 Å². The largest absolute Gasteiger partial charge is 0.482 e. The average molecular weight is 579 g/mol. The van der Waals surface area contributed by atoms with Gasteiger partial charge in [0.25, 0.3) is 0 Å². The van der Waals surface area contributed by atoms with Crippen LogP contribution in [0.4, 0.5) is 0 Å². The molecule has 230 valence electrons. The van der Waals surface area contributed by atoms with E-state index in [0.717, 1.165) is 75.3 Å². The molecule has 42 heavy (non-hydrogen) atoms. The van der Waals surface area contributed by atoms with Crippen molar-refractivity contribution in [2.45, 2.75) is 110 Å². The Labute approximate surface area is 251 Å². The van der Waals surface area contributed by atoms with Crippen LogP contribution in [0.1, 0.15) is 101 Å². The van der Waals surface area contributed by atoms with Gasteiger partial charge in [0.15, 0.2) is 6.61 Å². The van der Waals surface area contributed by atoms with Crippen molar-refractivity contribution < 1.29 is 29.3 Å². The van der Waals surface area contributed by atoms with E-state index in [1.165, 1.54) is 11.1 Å². The number of esters is 1. The van der Waals surface area contributed by atoms with Gasteiger partial charge in [-0.3, -0.25) is 4.79 Å². The number of rotatable bonds is 15. The number of aliphatic carboxylic acids is 1. The second-order valence-electron chi connectivity index (χ2n) is 13.1. The Hall–Kier alpha value is -2.86. The Balaban J connectivity index is 1.39. The van der Waals surface area contributed by atoms with Crippen molar-refractivity contribution in [1.29, 1.82) is 0 Å². The minimum Gasteiger partial charge on any atom is -0.482 e. The van der Waals surface area contributed by atoms with Gasteiger partial charge in [0.2, 0.25) is 0 Å². The maximum atomic E-state index is 13.3. The Morgan fingerprint density at radius 3 is 2.45 bits per heavy atom. The number of aliphatic hydroxyl groups is 1. The summed E-state index contributed by atoms with van der Waals surface area (Å²) in [7, 11) is 0. The van der Waals surface area contributed by atoms with Crippen LogP contribution in [-0.2, 0) is 33.6 Å². The smallest absolute Gasteiger partial charge is 0.341 e. The van der Waals surface area contributed by atoms with E-state index in [4.69, 9.17) is 14.6 Å². The number of carbonyl (C=O) groups is 2. The molecule has 6 atom stereocenters. The summed E-state index contributed by atoms with van der Waals surface area (Å²) in [5.74, 6) is 0.626. The van der Waals surface area contributed by atoms with Gasteiger partial charge in [-0.1, -0.05) is 70.0 Å². The van der Waals surface area contributed by atoms with Crippen LogP contribution in [0, 0.1) is 23.7 Å². The van der Waals surface area contributed by atoms with Crippen LogP contribution >= 0.6 is 0 Å². The van der Waals surface area contributed by atoms with Gasteiger partial charge in [-0.15, -0.1) is 0 Å². The topological polar surface area (TPSA) is 93.1 Å². The molecule has 0 aromatic heterocycles. The number of ether oxygens (including phenoxy) is 2. The molecule has 0 spiro atoms. The number of hydrogen-bond acceptors (Lipinski definition) is 5. The van der Waals surface area contributed by atoms with E-state index in [-0.39, 0.29) is 36.6 Å². The van der Waals surface area contributed by atoms with Crippen molar-refractivity contribution in [2.75, 3.05) is 6.61 Å². The summed E-state index contributed by atoms with van der Waals surface area (Å²) in [6.45, 7) is 8.18. The van der Waals surface area contributed by atoms with Crippen LogP contribution < -0.4 is 4.74 Å². The number of carbonyl (C=O) groups excluding carboxylic acids is 1. The SMILES string of the molecule is CCCCC[C@@H](CC[C@@H]1[C@H]2Cc3cccc(OCC(=O)O)c3C[C@H]2C[C@H]1O)OC(=O)C(C)c1ccc(CC(C)C)cc1. The molecular weight excluding hydrogens is 528 g/mol. The van der Waals surface area contributed by atoms with E-state index >= 15 is 0 Å². The number of benzene rings is 2. The lowest BCUT2D eigenvalue weighted by atomic mass is 9.73. The molecule has 0 aliphatic heterocycles. The minimum atomic E-state index is -0.985. The molecule has 0 amide bonds. The van der Waals surface area contributed by atoms with Crippen molar-refractivity contribution in [2.24, 2.45) is 23.7 Å². The molecule has 0 heterocycles. The first-order chi connectivity index (χ1) is 20.2. The first-order valence-corrected chi connectivity index (χ1v) is 16.1. The fourth-order valence-corrected chi connectivity index (χ4v) is 7.16. The van der Waals surface area contributed by atoms with Gasteiger partial charge in [0.05, 0.1) is 12.0 Å². The Morgan fingerprint density at radius 2 is 1.76 bits per heavy atom. The van der Waals surface area contributed by atoms with Crippen LogP contribution in [0.15, 0.2) is 42.5 Å². The van der Waals surface area contributed by atoms with Crippen LogP contribution in [0.2, 0.25) is 0 Å². The van der Waals surface area contributed by atoms with Gasteiger partial charge in [-0.2, -0.15) is 0 Å². The summed E-state index contributed by atoms with van der Waals surface area (Å²) in [6.07, 6.45) is 8.58. The molecule has 4 rings (SSSR count). The first kappa shape index (κ1) is 32.1. The van der Waals surface area contributed by atoms with Crippen LogP contribution in [-0.4, -0.2) is 41.0 Å². The highest BCUT2D eigenvalue weighted by Crippen LogP contribution is 2.48. The van der Waals surface area contributed by atoms with Gasteiger partial charge in [0, 0.05) is 0 Å². The van der Waals surface area contributed by atoms with E-state index in [9.17, 15) is 14.7 Å². The summed E-state index contributed by atoms with van der Waals surface area (Å²) >= 11 is 0. The first-order valence-electron chi connectivity index (χ1n) is 16.1. The summed E-state index contributed by atoms with van der Waals surface area (Å²) in [5.41, 5.74) is 4.55. The molecule has 0 saturated heterocycles. The molecule has 1 saturated carbocycles. The van der Waals surface area contributed by atoms with E-state index in [1.54, 1.807) is 0 Å². The lowest BCUT2D eigenvalue weighted by Crippen LogP contribution is -2.29. The molecule has 2 N–H and O–H groups in total. The summed E-state index contributed by atoms with van der Waals surface area (Å²) in [4.78, 5) is 24.3. The number of hydrogen-bond donors (Lipinski definition) is 2. The number of carboxylic acids is 1. The number of fused-ring (bicyclic) bond motifs is 2. The molecule has 0 radical (unpaired) electrons. The third-order valence-electron chi connectivity index (χ3n) is 9.41. The number of aliphatic hydroxyl groups excluding tert-OH is 1. The van der Waals surface area contributed by atoms with Crippen molar-refractivity contribution in [1.82, 2.24) is 0 Å².